The highest BCUT2D eigenvalue weighted by Gasteiger charge is 2.25. The lowest BCUT2D eigenvalue weighted by molar-refractivity contribution is 0.0765. The van der Waals surface area contributed by atoms with E-state index in [-0.39, 0.29) is 18.6 Å². The van der Waals surface area contributed by atoms with E-state index in [0.29, 0.717) is 25.6 Å². The minimum atomic E-state index is -3.67. The van der Waals surface area contributed by atoms with Crippen molar-refractivity contribution in [3.05, 3.63) is 0 Å². The van der Waals surface area contributed by atoms with Crippen molar-refractivity contribution in [1.29, 1.82) is 0 Å². The quantitative estimate of drug-likeness (QED) is 0.760. The zero-order valence-corrected chi connectivity index (χ0v) is 12.3. The summed E-state index contributed by atoms with van der Waals surface area (Å²) in [6, 6.07) is 0. The predicted molar refractivity (Wildman–Crippen MR) is 71.6 cm³/mol. The highest BCUT2D eigenvalue weighted by molar-refractivity contribution is 7.87. The first-order valence-electron chi connectivity index (χ1n) is 6.47. The Hall–Kier alpha value is -0.860. The van der Waals surface area contributed by atoms with Gasteiger partial charge in [0.25, 0.3) is 10.2 Å². The van der Waals surface area contributed by atoms with Gasteiger partial charge in [-0.3, -0.25) is 0 Å². The SMILES string of the molecule is CC(C)COC(=O)N1CCCC(CNS(N)(=O)=O)C1. The van der Waals surface area contributed by atoms with E-state index in [4.69, 9.17) is 9.88 Å². The van der Waals surface area contributed by atoms with Gasteiger partial charge in [0.1, 0.15) is 0 Å². The van der Waals surface area contributed by atoms with Crippen LogP contribution in [0.5, 0.6) is 0 Å². The van der Waals surface area contributed by atoms with E-state index in [1.54, 1.807) is 4.90 Å². The van der Waals surface area contributed by atoms with Crippen LogP contribution in [-0.2, 0) is 14.9 Å². The van der Waals surface area contributed by atoms with Crippen molar-refractivity contribution >= 4 is 16.3 Å². The fourth-order valence-electron chi connectivity index (χ4n) is 1.96. The molecule has 112 valence electrons. The third kappa shape index (κ3) is 6.74. The van der Waals surface area contributed by atoms with Crippen LogP contribution in [0.1, 0.15) is 26.7 Å². The number of piperidine rings is 1. The number of carbonyl (C=O) groups is 1. The maximum atomic E-state index is 11.8. The molecule has 1 amide bonds. The van der Waals surface area contributed by atoms with E-state index in [0.717, 1.165) is 12.8 Å². The third-order valence-electron chi connectivity index (χ3n) is 2.89. The molecule has 1 aliphatic heterocycles. The lowest BCUT2D eigenvalue weighted by Crippen LogP contribution is -2.45. The molecule has 0 spiro atoms. The number of likely N-dealkylation sites (tertiary alicyclic amines) is 1. The first-order chi connectivity index (χ1) is 8.78. The Labute approximate surface area is 114 Å². The number of nitrogens with one attached hydrogen (secondary N) is 1. The normalized spacial score (nSPS) is 20.6. The molecule has 0 radical (unpaired) electrons. The molecule has 1 atom stereocenters. The molecule has 0 bridgehead atoms. The van der Waals surface area contributed by atoms with Crippen molar-refractivity contribution in [3.8, 4) is 0 Å². The summed E-state index contributed by atoms with van der Waals surface area (Å²) >= 11 is 0. The molecule has 0 aliphatic carbocycles. The second-order valence-electron chi connectivity index (χ2n) is 5.32. The second kappa shape index (κ2) is 7.06. The van der Waals surface area contributed by atoms with Crippen molar-refractivity contribution in [2.75, 3.05) is 26.2 Å². The van der Waals surface area contributed by atoms with Gasteiger partial charge < -0.3 is 9.64 Å². The monoisotopic (exact) mass is 293 g/mol. The minimum absolute atomic E-state index is 0.0821. The topological polar surface area (TPSA) is 102 Å². The van der Waals surface area contributed by atoms with Gasteiger partial charge in [0.2, 0.25) is 0 Å². The number of rotatable bonds is 5. The standard InChI is InChI=1S/C11H23N3O4S/c1-9(2)8-18-11(15)14-5-3-4-10(7-14)6-13-19(12,16)17/h9-10,13H,3-8H2,1-2H3,(H2,12,16,17). The summed E-state index contributed by atoms with van der Waals surface area (Å²) in [4.78, 5) is 13.4. The molecule has 7 nitrogen and oxygen atoms in total. The van der Waals surface area contributed by atoms with Crippen LogP contribution in [0.25, 0.3) is 0 Å². The molecule has 0 aromatic carbocycles. The number of carbonyl (C=O) groups excluding carboxylic acids is 1. The smallest absolute Gasteiger partial charge is 0.409 e. The first-order valence-corrected chi connectivity index (χ1v) is 8.01. The van der Waals surface area contributed by atoms with Gasteiger partial charge in [-0.2, -0.15) is 8.42 Å². The molecule has 0 aromatic rings. The van der Waals surface area contributed by atoms with E-state index in [2.05, 4.69) is 4.72 Å². The maximum Gasteiger partial charge on any atom is 0.409 e. The van der Waals surface area contributed by atoms with Crippen molar-refractivity contribution < 1.29 is 17.9 Å². The summed E-state index contributed by atoms with van der Waals surface area (Å²) in [6.45, 7) is 5.76. The second-order valence-corrected chi connectivity index (χ2v) is 6.70. The molecule has 1 saturated heterocycles. The lowest BCUT2D eigenvalue weighted by atomic mass is 9.99. The highest BCUT2D eigenvalue weighted by atomic mass is 32.2. The molecule has 3 N–H and O–H groups in total. The minimum Gasteiger partial charge on any atom is -0.449 e. The molecule has 1 heterocycles. The first kappa shape index (κ1) is 16.2. The van der Waals surface area contributed by atoms with Crippen LogP contribution in [0, 0.1) is 11.8 Å². The van der Waals surface area contributed by atoms with E-state index >= 15 is 0 Å². The molecule has 8 heteroatoms. The number of hydrogen-bond acceptors (Lipinski definition) is 4. The molecule has 19 heavy (non-hydrogen) atoms. The van der Waals surface area contributed by atoms with Gasteiger partial charge in [0.15, 0.2) is 0 Å². The number of nitrogens with zero attached hydrogens (tertiary/aromatic N) is 1. The highest BCUT2D eigenvalue weighted by Crippen LogP contribution is 2.16. The van der Waals surface area contributed by atoms with Crippen LogP contribution < -0.4 is 9.86 Å². The lowest BCUT2D eigenvalue weighted by Gasteiger charge is -2.32. The van der Waals surface area contributed by atoms with Gasteiger partial charge in [-0.15, -0.1) is 0 Å². The van der Waals surface area contributed by atoms with Crippen molar-refractivity contribution in [2.45, 2.75) is 26.7 Å². The number of amides is 1. The van der Waals surface area contributed by atoms with Gasteiger partial charge in [0, 0.05) is 19.6 Å². The van der Waals surface area contributed by atoms with E-state index in [9.17, 15) is 13.2 Å². The van der Waals surface area contributed by atoms with E-state index in [1.807, 2.05) is 13.8 Å². The molecule has 1 rings (SSSR count). The molecule has 0 aromatic heterocycles. The molecule has 1 fully saturated rings. The predicted octanol–water partition coefficient (Wildman–Crippen LogP) is 0.284. The molecular formula is C11H23N3O4S. The average Bonchev–Trinajstić information content (AvgIpc) is 2.33. The van der Waals surface area contributed by atoms with Crippen molar-refractivity contribution in [1.82, 2.24) is 9.62 Å². The van der Waals surface area contributed by atoms with Gasteiger partial charge in [0.05, 0.1) is 6.61 Å². The Balaban J connectivity index is 2.39. The summed E-state index contributed by atoms with van der Waals surface area (Å²) in [7, 11) is -3.67. The average molecular weight is 293 g/mol. The van der Waals surface area contributed by atoms with Gasteiger partial charge in [-0.05, 0) is 24.7 Å². The van der Waals surface area contributed by atoms with Gasteiger partial charge in [-0.25, -0.2) is 14.7 Å². The number of hydrogen-bond donors (Lipinski definition) is 2. The van der Waals surface area contributed by atoms with Crippen LogP contribution in [0.3, 0.4) is 0 Å². The Morgan fingerprint density at radius 2 is 2.21 bits per heavy atom. The maximum absolute atomic E-state index is 11.8. The molecule has 1 unspecified atom stereocenters. The van der Waals surface area contributed by atoms with E-state index < -0.39 is 10.2 Å². The van der Waals surface area contributed by atoms with Crippen LogP contribution in [0.4, 0.5) is 4.79 Å². The number of ether oxygens (including phenoxy) is 1. The summed E-state index contributed by atoms with van der Waals surface area (Å²) < 4.78 is 29.1. The summed E-state index contributed by atoms with van der Waals surface area (Å²) in [6.07, 6.45) is 1.39. The van der Waals surface area contributed by atoms with Gasteiger partial charge in [-0.1, -0.05) is 13.8 Å². The summed E-state index contributed by atoms with van der Waals surface area (Å²) in [5.74, 6) is 0.382. The zero-order chi connectivity index (χ0) is 14.5. The summed E-state index contributed by atoms with van der Waals surface area (Å²) in [5, 5.41) is 4.88. The van der Waals surface area contributed by atoms with Crippen LogP contribution in [0.15, 0.2) is 0 Å². The van der Waals surface area contributed by atoms with Crippen molar-refractivity contribution in [2.24, 2.45) is 17.0 Å². The molecule has 1 aliphatic rings. The fraction of sp³-hybridized carbons (Fsp3) is 0.909. The molecule has 0 saturated carbocycles. The largest absolute Gasteiger partial charge is 0.449 e. The summed E-state index contributed by atoms with van der Waals surface area (Å²) in [5.41, 5.74) is 0. The molecular weight excluding hydrogens is 270 g/mol. The van der Waals surface area contributed by atoms with Crippen molar-refractivity contribution in [3.63, 3.8) is 0 Å². The fourth-order valence-corrected chi connectivity index (χ4v) is 2.43. The van der Waals surface area contributed by atoms with Gasteiger partial charge >= 0.3 is 6.09 Å². The zero-order valence-electron chi connectivity index (χ0n) is 11.5. The van der Waals surface area contributed by atoms with Crippen LogP contribution in [0.2, 0.25) is 0 Å². The third-order valence-corrected chi connectivity index (χ3v) is 3.46. The Bertz CT molecular complexity index is 397. The Kier molecular flexibility index (Phi) is 6.02. The van der Waals surface area contributed by atoms with E-state index in [1.165, 1.54) is 0 Å². The number of nitrogens with two attached hydrogens (primary N) is 1. The Morgan fingerprint density at radius 1 is 1.53 bits per heavy atom. The van der Waals surface area contributed by atoms with Crippen LogP contribution >= 0.6 is 0 Å². The Morgan fingerprint density at radius 3 is 2.79 bits per heavy atom. The van der Waals surface area contributed by atoms with Crippen LogP contribution in [-0.4, -0.2) is 45.7 Å².